The van der Waals surface area contributed by atoms with E-state index in [1.807, 2.05) is 30.0 Å². The van der Waals surface area contributed by atoms with Crippen molar-refractivity contribution in [2.45, 2.75) is 39.5 Å². The van der Waals surface area contributed by atoms with Crippen LogP contribution in [0.15, 0.2) is 42.0 Å². The lowest BCUT2D eigenvalue weighted by Crippen LogP contribution is -2.40. The van der Waals surface area contributed by atoms with E-state index >= 15 is 0 Å². The van der Waals surface area contributed by atoms with Gasteiger partial charge >= 0.3 is 0 Å². The maximum Gasteiger partial charge on any atom is 0.246 e. The molecule has 0 aliphatic carbocycles. The van der Waals surface area contributed by atoms with E-state index in [2.05, 4.69) is 17.4 Å². The number of rotatable bonds is 6. The van der Waals surface area contributed by atoms with Crippen molar-refractivity contribution in [1.82, 2.24) is 10.2 Å². The number of hydrogen-bond acceptors (Lipinski definition) is 2. The van der Waals surface area contributed by atoms with Crippen LogP contribution < -0.4 is 5.32 Å². The van der Waals surface area contributed by atoms with Crippen molar-refractivity contribution in [1.29, 1.82) is 0 Å². The van der Waals surface area contributed by atoms with Crippen molar-refractivity contribution < 1.29 is 9.59 Å². The Labute approximate surface area is 144 Å². The molecule has 4 nitrogen and oxygen atoms in total. The Kier molecular flexibility index (Phi) is 7.04. The second-order valence-electron chi connectivity index (χ2n) is 6.68. The summed E-state index contributed by atoms with van der Waals surface area (Å²) in [6, 6.07) is 10.4. The van der Waals surface area contributed by atoms with Crippen molar-refractivity contribution in [2.24, 2.45) is 5.92 Å². The Hall–Kier alpha value is -2.10. The fraction of sp³-hybridized carbons (Fsp3) is 0.500. The van der Waals surface area contributed by atoms with E-state index in [-0.39, 0.29) is 11.8 Å². The van der Waals surface area contributed by atoms with Gasteiger partial charge in [-0.3, -0.25) is 9.59 Å². The minimum absolute atomic E-state index is 0.0190. The predicted molar refractivity (Wildman–Crippen MR) is 96.5 cm³/mol. The van der Waals surface area contributed by atoms with E-state index in [4.69, 9.17) is 0 Å². The monoisotopic (exact) mass is 328 g/mol. The maximum atomic E-state index is 12.4. The summed E-state index contributed by atoms with van der Waals surface area (Å²) in [5.41, 5.74) is 2.43. The van der Waals surface area contributed by atoms with Crippen LogP contribution in [0, 0.1) is 5.92 Å². The van der Waals surface area contributed by atoms with Gasteiger partial charge in [-0.25, -0.2) is 0 Å². The smallest absolute Gasteiger partial charge is 0.246 e. The first-order valence-corrected chi connectivity index (χ1v) is 8.79. The van der Waals surface area contributed by atoms with Gasteiger partial charge in [0.1, 0.15) is 0 Å². The molecular weight excluding hydrogens is 300 g/mol. The highest BCUT2D eigenvalue weighted by Crippen LogP contribution is 2.17. The highest BCUT2D eigenvalue weighted by atomic mass is 16.2. The van der Waals surface area contributed by atoms with Crippen molar-refractivity contribution in [2.75, 3.05) is 19.6 Å². The SMILES string of the molecule is CC(=O)NCC1CCN(C(=O)/C=C(/C)CCc2ccccc2)CC1. The number of nitrogens with one attached hydrogen (secondary N) is 1. The second-order valence-corrected chi connectivity index (χ2v) is 6.68. The van der Waals surface area contributed by atoms with Gasteiger partial charge in [-0.05, 0) is 44.1 Å². The summed E-state index contributed by atoms with van der Waals surface area (Å²) in [4.78, 5) is 25.3. The zero-order valence-electron chi connectivity index (χ0n) is 14.8. The van der Waals surface area contributed by atoms with Gasteiger partial charge in [0, 0.05) is 32.6 Å². The summed E-state index contributed by atoms with van der Waals surface area (Å²) in [7, 11) is 0. The van der Waals surface area contributed by atoms with Crippen LogP contribution in [0.25, 0.3) is 0 Å². The van der Waals surface area contributed by atoms with Gasteiger partial charge in [0.25, 0.3) is 0 Å². The maximum absolute atomic E-state index is 12.4. The second kappa shape index (κ2) is 9.26. The molecule has 1 heterocycles. The summed E-state index contributed by atoms with van der Waals surface area (Å²) in [5, 5.41) is 2.87. The molecule has 4 heteroatoms. The number of likely N-dealkylation sites (tertiary alicyclic amines) is 1. The number of hydrogen-bond donors (Lipinski definition) is 1. The molecule has 2 amide bonds. The molecule has 0 aromatic heterocycles. The van der Waals surface area contributed by atoms with Crippen LogP contribution in [0.1, 0.15) is 38.7 Å². The molecule has 1 aliphatic rings. The van der Waals surface area contributed by atoms with Gasteiger partial charge in [0.15, 0.2) is 0 Å². The number of aryl methyl sites for hydroxylation is 1. The molecule has 1 aliphatic heterocycles. The van der Waals surface area contributed by atoms with Crippen LogP contribution in [0.4, 0.5) is 0 Å². The molecule has 0 unspecified atom stereocenters. The summed E-state index contributed by atoms with van der Waals surface area (Å²) in [6.45, 7) is 5.87. The quantitative estimate of drug-likeness (QED) is 0.816. The highest BCUT2D eigenvalue weighted by molar-refractivity contribution is 5.88. The molecule has 0 spiro atoms. The molecule has 0 atom stereocenters. The summed E-state index contributed by atoms with van der Waals surface area (Å²) < 4.78 is 0. The average Bonchev–Trinajstić information content (AvgIpc) is 2.59. The highest BCUT2D eigenvalue weighted by Gasteiger charge is 2.21. The number of benzene rings is 1. The lowest BCUT2D eigenvalue weighted by Gasteiger charge is -2.31. The molecule has 130 valence electrons. The van der Waals surface area contributed by atoms with E-state index in [0.29, 0.717) is 5.92 Å². The van der Waals surface area contributed by atoms with Crippen molar-refractivity contribution >= 4 is 11.8 Å². The van der Waals surface area contributed by atoms with Crippen LogP contribution >= 0.6 is 0 Å². The molecule has 1 fully saturated rings. The Bertz CT molecular complexity index is 573. The summed E-state index contributed by atoms with van der Waals surface area (Å²) in [6.07, 6.45) is 5.59. The van der Waals surface area contributed by atoms with Crippen LogP contribution in [-0.4, -0.2) is 36.3 Å². The molecule has 24 heavy (non-hydrogen) atoms. The number of carbonyl (C=O) groups is 2. The Morgan fingerprint density at radius 3 is 2.46 bits per heavy atom. The molecule has 0 bridgehead atoms. The van der Waals surface area contributed by atoms with Crippen LogP contribution in [0.3, 0.4) is 0 Å². The summed E-state index contributed by atoms with van der Waals surface area (Å²) >= 11 is 0. The molecule has 1 aromatic rings. The lowest BCUT2D eigenvalue weighted by molar-refractivity contribution is -0.127. The average molecular weight is 328 g/mol. The molecule has 2 rings (SSSR count). The van der Waals surface area contributed by atoms with E-state index in [1.54, 1.807) is 13.0 Å². The van der Waals surface area contributed by atoms with E-state index in [1.165, 1.54) is 5.56 Å². The third kappa shape index (κ3) is 6.19. The van der Waals surface area contributed by atoms with Crippen molar-refractivity contribution in [3.05, 3.63) is 47.5 Å². The van der Waals surface area contributed by atoms with Crippen LogP contribution in [0.5, 0.6) is 0 Å². The predicted octanol–water partition coefficient (Wildman–Crippen LogP) is 2.94. The van der Waals surface area contributed by atoms with Crippen LogP contribution in [-0.2, 0) is 16.0 Å². The van der Waals surface area contributed by atoms with E-state index in [0.717, 1.165) is 50.9 Å². The normalized spacial score (nSPS) is 16.1. The minimum Gasteiger partial charge on any atom is -0.356 e. The van der Waals surface area contributed by atoms with E-state index < -0.39 is 0 Å². The number of piperidine rings is 1. The van der Waals surface area contributed by atoms with E-state index in [9.17, 15) is 9.59 Å². The van der Waals surface area contributed by atoms with Gasteiger partial charge in [0.2, 0.25) is 11.8 Å². The first-order valence-electron chi connectivity index (χ1n) is 8.79. The zero-order chi connectivity index (χ0) is 17.4. The Morgan fingerprint density at radius 2 is 1.83 bits per heavy atom. The molecular formula is C20H28N2O2. The number of carbonyl (C=O) groups excluding carboxylic acids is 2. The Morgan fingerprint density at radius 1 is 1.17 bits per heavy atom. The third-order valence-corrected chi connectivity index (χ3v) is 4.59. The Balaban J connectivity index is 1.74. The van der Waals surface area contributed by atoms with Crippen molar-refractivity contribution in [3.63, 3.8) is 0 Å². The molecule has 1 aromatic carbocycles. The zero-order valence-corrected chi connectivity index (χ0v) is 14.8. The minimum atomic E-state index is 0.0190. The molecule has 0 radical (unpaired) electrons. The molecule has 1 N–H and O–H groups in total. The van der Waals surface area contributed by atoms with Gasteiger partial charge < -0.3 is 10.2 Å². The van der Waals surface area contributed by atoms with Gasteiger partial charge in [-0.2, -0.15) is 0 Å². The standard InChI is InChI=1S/C20H28N2O2/c1-16(8-9-18-6-4-3-5-7-18)14-20(24)22-12-10-19(11-13-22)15-21-17(2)23/h3-7,14,19H,8-13,15H2,1-2H3,(H,21,23)/b16-14-. The van der Waals surface area contributed by atoms with Crippen molar-refractivity contribution in [3.8, 4) is 0 Å². The fourth-order valence-corrected chi connectivity index (χ4v) is 3.01. The number of allylic oxidation sites excluding steroid dienone is 1. The number of amides is 2. The third-order valence-electron chi connectivity index (χ3n) is 4.59. The number of nitrogens with zero attached hydrogens (tertiary/aromatic N) is 1. The first kappa shape index (κ1) is 18.2. The fourth-order valence-electron chi connectivity index (χ4n) is 3.01. The molecule has 0 saturated carbocycles. The van der Waals surface area contributed by atoms with Crippen LogP contribution in [0.2, 0.25) is 0 Å². The topological polar surface area (TPSA) is 49.4 Å². The van der Waals surface area contributed by atoms with Gasteiger partial charge in [-0.15, -0.1) is 0 Å². The van der Waals surface area contributed by atoms with Gasteiger partial charge in [0.05, 0.1) is 0 Å². The largest absolute Gasteiger partial charge is 0.356 e. The van der Waals surface area contributed by atoms with Gasteiger partial charge in [-0.1, -0.05) is 35.9 Å². The lowest BCUT2D eigenvalue weighted by atomic mass is 9.96. The first-order chi connectivity index (χ1) is 11.5. The summed E-state index contributed by atoms with van der Waals surface area (Å²) in [5.74, 6) is 0.630. The molecule has 1 saturated heterocycles.